The van der Waals surface area contributed by atoms with Crippen molar-refractivity contribution in [2.75, 3.05) is 24.5 Å². The highest BCUT2D eigenvalue weighted by atomic mass is 32.2. The lowest BCUT2D eigenvalue weighted by Crippen LogP contribution is -2.34. The van der Waals surface area contributed by atoms with Gasteiger partial charge in [0.15, 0.2) is 6.61 Å². The second-order valence-corrected chi connectivity index (χ2v) is 8.96. The third kappa shape index (κ3) is 5.31. The van der Waals surface area contributed by atoms with Crippen molar-refractivity contribution in [3.05, 3.63) is 47.3 Å². The van der Waals surface area contributed by atoms with Gasteiger partial charge in [-0.15, -0.1) is 11.3 Å². The SMILES string of the molecule is O=C(COC(=O)c1ccccc1NS(=O)(=O)c1cccs1)NCC1CCCO1. The van der Waals surface area contributed by atoms with Crippen molar-refractivity contribution in [2.24, 2.45) is 0 Å². The molecule has 1 atom stereocenters. The highest BCUT2D eigenvalue weighted by molar-refractivity contribution is 7.94. The first-order valence-corrected chi connectivity index (χ1v) is 11.0. The fourth-order valence-corrected chi connectivity index (χ4v) is 4.73. The lowest BCUT2D eigenvalue weighted by atomic mass is 10.2. The van der Waals surface area contributed by atoms with Crippen molar-refractivity contribution in [2.45, 2.75) is 23.2 Å². The number of esters is 1. The van der Waals surface area contributed by atoms with Gasteiger partial charge in [-0.2, -0.15) is 0 Å². The van der Waals surface area contributed by atoms with E-state index in [9.17, 15) is 18.0 Å². The Morgan fingerprint density at radius 3 is 2.75 bits per heavy atom. The summed E-state index contributed by atoms with van der Waals surface area (Å²) in [5, 5.41) is 4.29. The van der Waals surface area contributed by atoms with E-state index in [4.69, 9.17) is 9.47 Å². The number of hydrogen-bond acceptors (Lipinski definition) is 7. The lowest BCUT2D eigenvalue weighted by Gasteiger charge is -2.13. The van der Waals surface area contributed by atoms with E-state index in [0.29, 0.717) is 13.2 Å². The number of sulfonamides is 1. The number of thiophene rings is 1. The Morgan fingerprint density at radius 2 is 2.04 bits per heavy atom. The van der Waals surface area contributed by atoms with Crippen molar-refractivity contribution in [1.29, 1.82) is 0 Å². The van der Waals surface area contributed by atoms with Crippen molar-refractivity contribution in [3.63, 3.8) is 0 Å². The van der Waals surface area contributed by atoms with E-state index >= 15 is 0 Å². The Morgan fingerprint density at radius 1 is 1.21 bits per heavy atom. The molecule has 0 aliphatic carbocycles. The van der Waals surface area contributed by atoms with Gasteiger partial charge in [0.1, 0.15) is 4.21 Å². The molecule has 10 heteroatoms. The van der Waals surface area contributed by atoms with E-state index in [-0.39, 0.29) is 21.6 Å². The van der Waals surface area contributed by atoms with E-state index in [0.717, 1.165) is 24.2 Å². The highest BCUT2D eigenvalue weighted by Crippen LogP contribution is 2.23. The summed E-state index contributed by atoms with van der Waals surface area (Å²) in [6, 6.07) is 9.15. The number of rotatable bonds is 8. The van der Waals surface area contributed by atoms with E-state index in [1.807, 2.05) is 0 Å². The number of anilines is 1. The Kier molecular flexibility index (Phi) is 6.65. The van der Waals surface area contributed by atoms with Crippen LogP contribution in [0.25, 0.3) is 0 Å². The van der Waals surface area contributed by atoms with Gasteiger partial charge in [-0.05, 0) is 36.4 Å². The average Bonchev–Trinajstić information content (AvgIpc) is 3.38. The van der Waals surface area contributed by atoms with Gasteiger partial charge in [-0.3, -0.25) is 9.52 Å². The summed E-state index contributed by atoms with van der Waals surface area (Å²) in [4.78, 5) is 24.2. The number of hydrogen-bond donors (Lipinski definition) is 2. The van der Waals surface area contributed by atoms with Crippen LogP contribution in [-0.2, 0) is 24.3 Å². The Balaban J connectivity index is 1.58. The molecular weight excluding hydrogens is 404 g/mol. The van der Waals surface area contributed by atoms with Crippen LogP contribution < -0.4 is 10.0 Å². The molecule has 1 unspecified atom stereocenters. The van der Waals surface area contributed by atoms with E-state index < -0.39 is 28.5 Å². The van der Waals surface area contributed by atoms with Gasteiger partial charge >= 0.3 is 5.97 Å². The summed E-state index contributed by atoms with van der Waals surface area (Å²) in [6.45, 7) is 0.596. The van der Waals surface area contributed by atoms with E-state index in [2.05, 4.69) is 10.0 Å². The first-order valence-electron chi connectivity index (χ1n) is 8.66. The molecule has 2 heterocycles. The molecule has 2 N–H and O–H groups in total. The van der Waals surface area contributed by atoms with Gasteiger partial charge in [0.2, 0.25) is 0 Å². The fourth-order valence-electron chi connectivity index (χ4n) is 2.65. The number of amides is 1. The Hall–Kier alpha value is -2.43. The van der Waals surface area contributed by atoms with Crippen LogP contribution in [0, 0.1) is 0 Å². The van der Waals surface area contributed by atoms with Crippen LogP contribution in [0.2, 0.25) is 0 Å². The molecule has 1 aromatic heterocycles. The lowest BCUT2D eigenvalue weighted by molar-refractivity contribution is -0.124. The topological polar surface area (TPSA) is 111 Å². The maximum Gasteiger partial charge on any atom is 0.340 e. The van der Waals surface area contributed by atoms with E-state index in [1.54, 1.807) is 23.6 Å². The molecule has 150 valence electrons. The summed E-state index contributed by atoms with van der Waals surface area (Å²) in [7, 11) is -3.81. The van der Waals surface area contributed by atoms with Crippen LogP contribution in [0.15, 0.2) is 46.0 Å². The quantitative estimate of drug-likeness (QED) is 0.627. The van der Waals surface area contributed by atoms with Crippen molar-refractivity contribution < 1.29 is 27.5 Å². The van der Waals surface area contributed by atoms with Gasteiger partial charge in [0, 0.05) is 13.2 Å². The molecule has 2 aromatic rings. The molecule has 3 rings (SSSR count). The predicted octanol–water partition coefficient (Wildman–Crippen LogP) is 2.00. The number of benzene rings is 1. The molecule has 1 fully saturated rings. The molecule has 0 radical (unpaired) electrons. The molecule has 28 heavy (non-hydrogen) atoms. The van der Waals surface area contributed by atoms with Crippen LogP contribution >= 0.6 is 11.3 Å². The standard InChI is InChI=1S/C18H20N2O6S2/c21-16(19-11-13-5-3-9-25-13)12-26-18(22)14-6-1-2-7-15(14)20-28(23,24)17-8-4-10-27-17/h1-2,4,6-8,10,13,20H,3,5,9,11-12H2,(H,19,21). The minimum absolute atomic E-state index is 0.00737. The zero-order chi connectivity index (χ0) is 20.0. The van der Waals surface area contributed by atoms with Crippen molar-refractivity contribution >= 4 is 38.9 Å². The van der Waals surface area contributed by atoms with Gasteiger partial charge in [-0.25, -0.2) is 13.2 Å². The maximum atomic E-state index is 12.4. The first kappa shape index (κ1) is 20.3. The maximum absolute atomic E-state index is 12.4. The summed E-state index contributed by atoms with van der Waals surface area (Å²) in [6.07, 6.45) is 1.85. The van der Waals surface area contributed by atoms with Crippen LogP contribution in [0.5, 0.6) is 0 Å². The zero-order valence-electron chi connectivity index (χ0n) is 14.9. The van der Waals surface area contributed by atoms with Gasteiger partial charge in [-0.1, -0.05) is 18.2 Å². The Bertz CT molecular complexity index is 921. The number of para-hydroxylation sites is 1. The summed E-state index contributed by atoms with van der Waals surface area (Å²) < 4.78 is 37.7. The van der Waals surface area contributed by atoms with E-state index in [1.165, 1.54) is 18.2 Å². The molecule has 1 aromatic carbocycles. The average molecular weight is 425 g/mol. The predicted molar refractivity (Wildman–Crippen MR) is 104 cm³/mol. The summed E-state index contributed by atoms with van der Waals surface area (Å²) in [5.41, 5.74) is 0.107. The van der Waals surface area contributed by atoms with Crippen molar-refractivity contribution in [1.82, 2.24) is 5.32 Å². The highest BCUT2D eigenvalue weighted by Gasteiger charge is 2.21. The molecule has 1 amide bonds. The van der Waals surface area contributed by atoms with Crippen LogP contribution in [0.4, 0.5) is 5.69 Å². The normalized spacial score (nSPS) is 16.5. The Labute approximate surface area is 166 Å². The van der Waals surface area contributed by atoms with Crippen LogP contribution in [0.3, 0.4) is 0 Å². The molecule has 0 spiro atoms. The van der Waals surface area contributed by atoms with Crippen LogP contribution in [0.1, 0.15) is 23.2 Å². The molecule has 8 nitrogen and oxygen atoms in total. The first-order chi connectivity index (χ1) is 13.5. The third-order valence-electron chi connectivity index (χ3n) is 4.04. The summed E-state index contributed by atoms with van der Waals surface area (Å²) in [5.74, 6) is -1.24. The largest absolute Gasteiger partial charge is 0.452 e. The minimum Gasteiger partial charge on any atom is -0.452 e. The number of ether oxygens (including phenoxy) is 2. The summed E-state index contributed by atoms with van der Waals surface area (Å²) >= 11 is 1.06. The second kappa shape index (κ2) is 9.18. The van der Waals surface area contributed by atoms with Gasteiger partial charge < -0.3 is 14.8 Å². The fraction of sp³-hybridized carbons (Fsp3) is 0.333. The zero-order valence-corrected chi connectivity index (χ0v) is 16.6. The number of nitrogens with one attached hydrogen (secondary N) is 2. The molecule has 1 aliphatic rings. The number of carbonyl (C=O) groups excluding carboxylic acids is 2. The minimum atomic E-state index is -3.81. The van der Waals surface area contributed by atoms with Gasteiger partial charge in [0.05, 0.1) is 17.4 Å². The second-order valence-electron chi connectivity index (χ2n) is 6.10. The number of carbonyl (C=O) groups is 2. The molecule has 0 saturated carbocycles. The third-order valence-corrected chi connectivity index (χ3v) is 6.80. The van der Waals surface area contributed by atoms with Crippen molar-refractivity contribution in [3.8, 4) is 0 Å². The monoisotopic (exact) mass is 424 g/mol. The molecule has 0 bridgehead atoms. The molecule has 1 saturated heterocycles. The van der Waals surface area contributed by atoms with Crippen LogP contribution in [-0.4, -0.2) is 46.2 Å². The van der Waals surface area contributed by atoms with Gasteiger partial charge in [0.25, 0.3) is 15.9 Å². The molecular formula is C18H20N2O6S2. The smallest absolute Gasteiger partial charge is 0.340 e. The molecule has 1 aliphatic heterocycles.